The summed E-state index contributed by atoms with van der Waals surface area (Å²) in [5.41, 5.74) is -0.814. The summed E-state index contributed by atoms with van der Waals surface area (Å²) in [5, 5.41) is 15.8. The molecule has 0 spiro atoms. The van der Waals surface area contributed by atoms with Gasteiger partial charge in [-0.3, -0.25) is 9.59 Å². The van der Waals surface area contributed by atoms with Crippen LogP contribution in [0.4, 0.5) is 0 Å². The highest BCUT2D eigenvalue weighted by Crippen LogP contribution is 2.76. The van der Waals surface area contributed by atoms with E-state index < -0.39 is 22.3 Å². The molecule has 3 aromatic rings. The second-order valence-electron chi connectivity index (χ2n) is 11.6. The van der Waals surface area contributed by atoms with Crippen molar-refractivity contribution in [3.8, 4) is 11.5 Å². The number of carboxylic acids is 1. The van der Waals surface area contributed by atoms with Gasteiger partial charge in [-0.2, -0.15) is 5.01 Å². The maximum Gasteiger partial charge on any atom is 0.276 e. The molecule has 38 heavy (non-hydrogen) atoms. The van der Waals surface area contributed by atoms with E-state index >= 15 is 0 Å². The third kappa shape index (κ3) is 3.28. The van der Waals surface area contributed by atoms with E-state index in [4.69, 9.17) is 4.74 Å². The van der Waals surface area contributed by atoms with Gasteiger partial charge >= 0.3 is 0 Å². The van der Waals surface area contributed by atoms with Gasteiger partial charge in [0.25, 0.3) is 11.8 Å². The minimum atomic E-state index is -1.17. The predicted octanol–water partition coefficient (Wildman–Crippen LogP) is 4.09. The Kier molecular flexibility index (Phi) is 5.14. The third-order valence-electron chi connectivity index (χ3n) is 8.91. The second kappa shape index (κ2) is 8.01. The highest BCUT2D eigenvalue weighted by atomic mass is 16.5. The Labute approximate surface area is 221 Å². The predicted molar refractivity (Wildman–Crippen MR) is 138 cm³/mol. The van der Waals surface area contributed by atoms with Crippen molar-refractivity contribution in [1.82, 2.24) is 10.0 Å². The molecule has 2 fully saturated rings. The van der Waals surface area contributed by atoms with Gasteiger partial charge in [-0.25, -0.2) is 5.01 Å². The Hall–Kier alpha value is -3.97. The molecule has 3 aromatic carbocycles. The fraction of sp³-hybridized carbons (Fsp3) is 0.323. The molecule has 2 amide bonds. The summed E-state index contributed by atoms with van der Waals surface area (Å²) in [5.74, 6) is -0.879. The van der Waals surface area contributed by atoms with E-state index in [0.29, 0.717) is 22.6 Å². The number of carbonyl (C=O) groups excluding carboxylic acids is 3. The lowest BCUT2D eigenvalue weighted by Gasteiger charge is -2.23. The largest absolute Gasteiger partial charge is 0.550 e. The van der Waals surface area contributed by atoms with Crippen LogP contribution in [0.2, 0.25) is 0 Å². The van der Waals surface area contributed by atoms with Gasteiger partial charge in [0.15, 0.2) is 0 Å². The van der Waals surface area contributed by atoms with E-state index in [9.17, 15) is 19.5 Å². The lowest BCUT2D eigenvalue weighted by atomic mass is 9.88. The molecule has 7 nitrogen and oxygen atoms in total. The number of para-hydroxylation sites is 1. The van der Waals surface area contributed by atoms with Gasteiger partial charge in [-0.1, -0.05) is 56.3 Å². The zero-order valence-corrected chi connectivity index (χ0v) is 21.8. The molecule has 2 heterocycles. The smallest absolute Gasteiger partial charge is 0.276 e. The van der Waals surface area contributed by atoms with Crippen LogP contribution >= 0.6 is 0 Å². The lowest BCUT2D eigenvalue weighted by Crippen LogP contribution is -2.40. The maximum atomic E-state index is 13.2. The number of imide groups is 1. The second-order valence-corrected chi connectivity index (χ2v) is 11.6. The van der Waals surface area contributed by atoms with Crippen LogP contribution in [0.5, 0.6) is 11.5 Å². The molecule has 0 aromatic heterocycles. The van der Waals surface area contributed by atoms with E-state index in [1.807, 2.05) is 82.3 Å². The van der Waals surface area contributed by atoms with Crippen LogP contribution in [0.1, 0.15) is 54.0 Å². The van der Waals surface area contributed by atoms with Crippen LogP contribution in [0.15, 0.2) is 78.9 Å². The summed E-state index contributed by atoms with van der Waals surface area (Å²) in [6.07, 6.45) is 0.252. The normalized spacial score (nSPS) is 28.1. The van der Waals surface area contributed by atoms with Crippen molar-refractivity contribution in [2.45, 2.75) is 45.7 Å². The SMILES string of the molecule is CC1(C)C(C2C(C)(C)C2(Cc2cccc(Oc3ccccc3)c2)C(=O)[O-])N1N1C(=O)c2ccccc2C1=O. The number of hydrogen-bond acceptors (Lipinski definition) is 6. The van der Waals surface area contributed by atoms with Gasteiger partial charge in [-0.05, 0) is 73.6 Å². The highest BCUT2D eigenvalue weighted by molar-refractivity contribution is 6.21. The monoisotopic (exact) mass is 509 g/mol. The van der Waals surface area contributed by atoms with Crippen molar-refractivity contribution in [2.24, 2.45) is 16.7 Å². The van der Waals surface area contributed by atoms with Crippen LogP contribution in [0.25, 0.3) is 0 Å². The molecule has 1 aliphatic carbocycles. The molecule has 0 bridgehead atoms. The summed E-state index contributed by atoms with van der Waals surface area (Å²) in [6, 6.07) is 23.3. The average molecular weight is 510 g/mol. The van der Waals surface area contributed by atoms with E-state index in [1.165, 1.54) is 5.01 Å². The van der Waals surface area contributed by atoms with Crippen molar-refractivity contribution in [3.63, 3.8) is 0 Å². The first-order chi connectivity index (χ1) is 18.0. The first-order valence-corrected chi connectivity index (χ1v) is 12.8. The quantitative estimate of drug-likeness (QED) is 0.352. The summed E-state index contributed by atoms with van der Waals surface area (Å²) >= 11 is 0. The van der Waals surface area contributed by atoms with E-state index in [-0.39, 0.29) is 30.2 Å². The molecule has 4 atom stereocenters. The van der Waals surface area contributed by atoms with E-state index in [0.717, 1.165) is 5.56 Å². The third-order valence-corrected chi connectivity index (χ3v) is 8.91. The van der Waals surface area contributed by atoms with Crippen molar-refractivity contribution < 1.29 is 24.2 Å². The number of ether oxygens (including phenoxy) is 1. The maximum absolute atomic E-state index is 13.2. The molecule has 1 saturated heterocycles. The summed E-state index contributed by atoms with van der Waals surface area (Å²) < 4.78 is 5.97. The molecule has 194 valence electrons. The van der Waals surface area contributed by atoms with Crippen molar-refractivity contribution >= 4 is 17.8 Å². The molecule has 0 radical (unpaired) electrons. The van der Waals surface area contributed by atoms with Crippen LogP contribution in [-0.2, 0) is 11.2 Å². The lowest BCUT2D eigenvalue weighted by molar-refractivity contribution is -0.315. The van der Waals surface area contributed by atoms with Gasteiger partial charge in [-0.15, -0.1) is 0 Å². The summed E-state index contributed by atoms with van der Waals surface area (Å²) in [6.45, 7) is 7.77. The molecule has 0 N–H and O–H groups in total. The molecule has 1 saturated carbocycles. The van der Waals surface area contributed by atoms with E-state index in [1.54, 1.807) is 29.3 Å². The molecule has 4 unspecified atom stereocenters. The van der Waals surface area contributed by atoms with Crippen molar-refractivity contribution in [2.75, 3.05) is 0 Å². The van der Waals surface area contributed by atoms with Crippen LogP contribution in [0, 0.1) is 16.7 Å². The topological polar surface area (TPSA) is 89.8 Å². The first kappa shape index (κ1) is 24.4. The van der Waals surface area contributed by atoms with Gasteiger partial charge in [0.2, 0.25) is 0 Å². The number of rotatable bonds is 7. The number of carbonyl (C=O) groups is 3. The van der Waals surface area contributed by atoms with Gasteiger partial charge in [0, 0.05) is 11.4 Å². The van der Waals surface area contributed by atoms with Crippen LogP contribution < -0.4 is 9.84 Å². The Morgan fingerprint density at radius 3 is 2.03 bits per heavy atom. The standard InChI is InChI=1S/C31H30N2O5/c1-29(2)24(25-30(3,4)33(25)32-26(34)22-15-8-9-16-23(22)27(32)35)31(29,28(36)37)18-19-11-10-14-21(17-19)38-20-12-6-5-7-13-20/h5-17,24-25H,18H2,1-4H3,(H,36,37)/p-1. The number of hydrogen-bond donors (Lipinski definition) is 0. The fourth-order valence-corrected chi connectivity index (χ4v) is 6.82. The zero-order chi connectivity index (χ0) is 27.0. The van der Waals surface area contributed by atoms with Gasteiger partial charge in [0.05, 0.1) is 22.7 Å². The van der Waals surface area contributed by atoms with Crippen molar-refractivity contribution in [1.29, 1.82) is 0 Å². The minimum Gasteiger partial charge on any atom is -0.550 e. The summed E-state index contributed by atoms with van der Waals surface area (Å²) in [4.78, 5) is 39.3. The average Bonchev–Trinajstić information content (AvgIpc) is 3.56. The van der Waals surface area contributed by atoms with Crippen LogP contribution in [-0.4, -0.2) is 39.4 Å². The number of carboxylic acid groups (broad SMARTS) is 1. The number of amides is 2. The summed E-state index contributed by atoms with van der Waals surface area (Å²) in [7, 11) is 0. The first-order valence-electron chi connectivity index (χ1n) is 12.8. The number of nitrogens with zero attached hydrogens (tertiary/aromatic N) is 2. The Morgan fingerprint density at radius 2 is 1.42 bits per heavy atom. The zero-order valence-electron chi connectivity index (χ0n) is 21.8. The Balaban J connectivity index is 1.29. The molecular formula is C31H29N2O5-. The number of benzene rings is 3. The molecular weight excluding hydrogens is 480 g/mol. The minimum absolute atomic E-state index is 0.252. The number of fused-ring (bicyclic) bond motifs is 1. The fourth-order valence-electron chi connectivity index (χ4n) is 6.82. The van der Waals surface area contributed by atoms with Gasteiger partial charge in [0.1, 0.15) is 11.5 Å². The number of aliphatic carboxylic acids is 1. The Bertz CT molecular complexity index is 1450. The Morgan fingerprint density at radius 1 is 0.842 bits per heavy atom. The molecule has 3 aliphatic rings. The molecule has 7 heteroatoms. The van der Waals surface area contributed by atoms with Gasteiger partial charge < -0.3 is 14.6 Å². The molecule has 6 rings (SSSR count). The van der Waals surface area contributed by atoms with E-state index in [2.05, 4.69) is 0 Å². The van der Waals surface area contributed by atoms with Crippen molar-refractivity contribution in [3.05, 3.63) is 95.6 Å². The van der Waals surface area contributed by atoms with Crippen LogP contribution in [0.3, 0.4) is 0 Å². The molecule has 2 aliphatic heterocycles. The number of hydrazine groups is 1. The highest BCUT2D eigenvalue weighted by Gasteiger charge is 2.82.